The Kier molecular flexibility index (Phi) is 3.96. The number of benzene rings is 1. The third-order valence-corrected chi connectivity index (χ3v) is 2.52. The van der Waals surface area contributed by atoms with E-state index in [-0.39, 0.29) is 12.1 Å². The summed E-state index contributed by atoms with van der Waals surface area (Å²) in [5, 5.41) is 12.9. The molecule has 0 aromatic heterocycles. The second kappa shape index (κ2) is 5.01. The lowest BCUT2D eigenvalue weighted by Gasteiger charge is -2.21. The van der Waals surface area contributed by atoms with Crippen LogP contribution in [0.25, 0.3) is 0 Å². The van der Waals surface area contributed by atoms with Crippen LogP contribution in [0, 0.1) is 6.92 Å². The molecule has 2 atom stereocenters. The molecule has 0 saturated carbocycles. The molecule has 2 heteroatoms. The molecule has 0 bridgehead atoms. The lowest BCUT2D eigenvalue weighted by atomic mass is 10.1. The quantitative estimate of drug-likeness (QED) is 0.770. The minimum Gasteiger partial charge on any atom is -0.391 e. The molecule has 0 radical (unpaired) electrons. The van der Waals surface area contributed by atoms with Gasteiger partial charge in [0.25, 0.3) is 0 Å². The Hall–Kier alpha value is -1.02. The summed E-state index contributed by atoms with van der Waals surface area (Å²) >= 11 is 0. The third kappa shape index (κ3) is 2.74. The molecule has 1 aromatic rings. The summed E-state index contributed by atoms with van der Waals surface area (Å²) in [7, 11) is 0. The average Bonchev–Trinajstić information content (AvgIpc) is 2.20. The molecular formula is C12H19NO. The molecule has 1 aromatic carbocycles. The molecule has 2 nitrogen and oxygen atoms in total. The summed E-state index contributed by atoms with van der Waals surface area (Å²) in [6, 6.07) is 8.21. The summed E-state index contributed by atoms with van der Waals surface area (Å²) in [5.74, 6) is 0. The van der Waals surface area contributed by atoms with Gasteiger partial charge < -0.3 is 10.4 Å². The maximum Gasteiger partial charge on any atom is 0.0735 e. The van der Waals surface area contributed by atoms with Crippen LogP contribution < -0.4 is 5.32 Å². The fourth-order valence-corrected chi connectivity index (χ4v) is 1.43. The van der Waals surface area contributed by atoms with E-state index in [1.54, 1.807) is 0 Å². The molecule has 0 amide bonds. The van der Waals surface area contributed by atoms with E-state index in [1.165, 1.54) is 5.56 Å². The van der Waals surface area contributed by atoms with E-state index in [9.17, 15) is 5.11 Å². The topological polar surface area (TPSA) is 32.3 Å². The third-order valence-electron chi connectivity index (χ3n) is 2.52. The number of para-hydroxylation sites is 1. The Bertz CT molecular complexity index is 285. The van der Waals surface area contributed by atoms with Crippen LogP contribution in [0.3, 0.4) is 0 Å². The zero-order chi connectivity index (χ0) is 10.6. The lowest BCUT2D eigenvalue weighted by molar-refractivity contribution is 0.154. The van der Waals surface area contributed by atoms with Crippen LogP contribution in [0.1, 0.15) is 25.8 Å². The van der Waals surface area contributed by atoms with Crippen molar-refractivity contribution in [1.82, 2.24) is 0 Å². The van der Waals surface area contributed by atoms with Crippen LogP contribution in [0.2, 0.25) is 0 Å². The number of aryl methyl sites for hydroxylation is 1. The molecule has 0 fully saturated rings. The van der Waals surface area contributed by atoms with Gasteiger partial charge in [0, 0.05) is 11.7 Å². The average molecular weight is 193 g/mol. The summed E-state index contributed by atoms with van der Waals surface area (Å²) in [4.78, 5) is 0. The Balaban J connectivity index is 2.64. The molecule has 0 aliphatic rings. The minimum atomic E-state index is -0.283. The Morgan fingerprint density at radius 3 is 2.57 bits per heavy atom. The molecule has 0 aliphatic carbocycles. The van der Waals surface area contributed by atoms with Gasteiger partial charge in [-0.3, -0.25) is 0 Å². The second-order valence-electron chi connectivity index (χ2n) is 3.72. The Morgan fingerprint density at radius 2 is 2.00 bits per heavy atom. The van der Waals surface area contributed by atoms with E-state index < -0.39 is 0 Å². The number of hydrogen-bond acceptors (Lipinski definition) is 2. The van der Waals surface area contributed by atoms with Gasteiger partial charge in [-0.25, -0.2) is 0 Å². The van der Waals surface area contributed by atoms with Crippen molar-refractivity contribution < 1.29 is 5.11 Å². The summed E-state index contributed by atoms with van der Waals surface area (Å²) in [5.41, 5.74) is 2.31. The summed E-state index contributed by atoms with van der Waals surface area (Å²) in [6.45, 7) is 6.05. The van der Waals surface area contributed by atoms with Crippen molar-refractivity contribution in [2.45, 2.75) is 39.3 Å². The number of nitrogens with one attached hydrogen (secondary N) is 1. The maximum atomic E-state index is 9.62. The van der Waals surface area contributed by atoms with Crippen LogP contribution in [0.5, 0.6) is 0 Å². The Morgan fingerprint density at radius 1 is 1.36 bits per heavy atom. The SMILES string of the molecule is CC[C@H](O)[C@H](C)Nc1ccccc1C. The first kappa shape index (κ1) is 11.1. The van der Waals surface area contributed by atoms with Gasteiger partial charge in [-0.05, 0) is 31.9 Å². The number of aliphatic hydroxyl groups is 1. The zero-order valence-corrected chi connectivity index (χ0v) is 9.12. The van der Waals surface area contributed by atoms with Crippen molar-refractivity contribution in [3.05, 3.63) is 29.8 Å². The first-order chi connectivity index (χ1) is 6.65. The smallest absolute Gasteiger partial charge is 0.0735 e. The van der Waals surface area contributed by atoms with Gasteiger partial charge in [0.15, 0.2) is 0 Å². The molecule has 14 heavy (non-hydrogen) atoms. The lowest BCUT2D eigenvalue weighted by Crippen LogP contribution is -2.30. The standard InChI is InChI=1S/C12H19NO/c1-4-12(14)10(3)13-11-8-6-5-7-9(11)2/h5-8,10,12-14H,4H2,1-3H3/t10-,12-/m0/s1. The molecule has 0 unspecified atom stereocenters. The van der Waals surface area contributed by atoms with E-state index >= 15 is 0 Å². The Labute approximate surface area is 86.0 Å². The van der Waals surface area contributed by atoms with Crippen molar-refractivity contribution in [2.75, 3.05) is 5.32 Å². The molecule has 0 heterocycles. The van der Waals surface area contributed by atoms with E-state index in [2.05, 4.69) is 18.3 Å². The highest BCUT2D eigenvalue weighted by Gasteiger charge is 2.11. The van der Waals surface area contributed by atoms with Gasteiger partial charge in [0.2, 0.25) is 0 Å². The van der Waals surface area contributed by atoms with E-state index in [1.807, 2.05) is 32.0 Å². The normalized spacial score (nSPS) is 14.9. The number of aliphatic hydroxyl groups excluding tert-OH is 1. The van der Waals surface area contributed by atoms with Gasteiger partial charge in [-0.15, -0.1) is 0 Å². The van der Waals surface area contributed by atoms with Crippen molar-refractivity contribution in [3.63, 3.8) is 0 Å². The van der Waals surface area contributed by atoms with Crippen LogP contribution in [0.4, 0.5) is 5.69 Å². The first-order valence-electron chi connectivity index (χ1n) is 5.15. The minimum absolute atomic E-state index is 0.0982. The summed E-state index contributed by atoms with van der Waals surface area (Å²) in [6.07, 6.45) is 0.495. The van der Waals surface area contributed by atoms with Crippen molar-refractivity contribution in [2.24, 2.45) is 0 Å². The molecule has 78 valence electrons. The monoisotopic (exact) mass is 193 g/mol. The highest BCUT2D eigenvalue weighted by Crippen LogP contribution is 2.15. The van der Waals surface area contributed by atoms with Gasteiger partial charge in [0.1, 0.15) is 0 Å². The van der Waals surface area contributed by atoms with Gasteiger partial charge >= 0.3 is 0 Å². The van der Waals surface area contributed by atoms with E-state index in [0.717, 1.165) is 12.1 Å². The van der Waals surface area contributed by atoms with Crippen molar-refractivity contribution in [1.29, 1.82) is 0 Å². The fraction of sp³-hybridized carbons (Fsp3) is 0.500. The molecular weight excluding hydrogens is 174 g/mol. The van der Waals surface area contributed by atoms with Crippen LogP contribution in [0.15, 0.2) is 24.3 Å². The number of anilines is 1. The number of rotatable bonds is 4. The van der Waals surface area contributed by atoms with Gasteiger partial charge in [-0.2, -0.15) is 0 Å². The first-order valence-corrected chi connectivity index (χ1v) is 5.15. The summed E-state index contributed by atoms with van der Waals surface area (Å²) < 4.78 is 0. The number of hydrogen-bond donors (Lipinski definition) is 2. The zero-order valence-electron chi connectivity index (χ0n) is 9.12. The van der Waals surface area contributed by atoms with E-state index in [0.29, 0.717) is 0 Å². The molecule has 0 spiro atoms. The van der Waals surface area contributed by atoms with E-state index in [4.69, 9.17) is 0 Å². The van der Waals surface area contributed by atoms with Crippen LogP contribution in [-0.4, -0.2) is 17.3 Å². The highest BCUT2D eigenvalue weighted by atomic mass is 16.3. The van der Waals surface area contributed by atoms with Crippen LogP contribution >= 0.6 is 0 Å². The molecule has 0 saturated heterocycles. The molecule has 1 rings (SSSR count). The predicted octanol–water partition coefficient (Wildman–Crippen LogP) is 2.57. The van der Waals surface area contributed by atoms with Gasteiger partial charge in [-0.1, -0.05) is 25.1 Å². The maximum absolute atomic E-state index is 9.62. The second-order valence-corrected chi connectivity index (χ2v) is 3.72. The van der Waals surface area contributed by atoms with Crippen molar-refractivity contribution >= 4 is 5.69 Å². The van der Waals surface area contributed by atoms with Crippen molar-refractivity contribution in [3.8, 4) is 0 Å². The fourth-order valence-electron chi connectivity index (χ4n) is 1.43. The molecule has 2 N–H and O–H groups in total. The predicted molar refractivity (Wildman–Crippen MR) is 60.6 cm³/mol. The highest BCUT2D eigenvalue weighted by molar-refractivity contribution is 5.50. The van der Waals surface area contributed by atoms with Gasteiger partial charge in [0.05, 0.1) is 6.10 Å². The largest absolute Gasteiger partial charge is 0.391 e. The van der Waals surface area contributed by atoms with Crippen LogP contribution in [-0.2, 0) is 0 Å². The molecule has 0 aliphatic heterocycles.